The van der Waals surface area contributed by atoms with Crippen molar-refractivity contribution in [1.29, 1.82) is 0 Å². The number of aromatic nitrogens is 1. The molecule has 25 heavy (non-hydrogen) atoms. The van der Waals surface area contributed by atoms with Crippen LogP contribution in [0.25, 0.3) is 10.8 Å². The van der Waals surface area contributed by atoms with Crippen molar-refractivity contribution in [2.24, 2.45) is 0 Å². The monoisotopic (exact) mass is 334 g/mol. The fourth-order valence-electron chi connectivity index (χ4n) is 4.12. The second-order valence-electron chi connectivity index (χ2n) is 7.09. The number of benzene rings is 2. The Kier molecular flexibility index (Phi) is 4.75. The molecule has 1 N–H and O–H groups in total. The summed E-state index contributed by atoms with van der Waals surface area (Å²) in [6.45, 7) is 3.13. The largest absolute Gasteiger partial charge is 0.494 e. The Hall–Kier alpha value is -2.26. The molecule has 1 aliphatic heterocycles. The Labute approximate surface area is 149 Å². The maximum absolute atomic E-state index is 9.94. The van der Waals surface area contributed by atoms with Gasteiger partial charge in [0.25, 0.3) is 0 Å². The lowest BCUT2D eigenvalue weighted by molar-refractivity contribution is 0.132. The number of fused-ring (bicyclic) bond motifs is 1. The van der Waals surface area contributed by atoms with Gasteiger partial charge in [-0.2, -0.15) is 0 Å². The lowest BCUT2D eigenvalue weighted by Gasteiger charge is -2.36. The number of hydrogen-bond acceptors (Lipinski definition) is 2. The smallest absolute Gasteiger partial charge is 0.190 e. The molecule has 4 rings (SSSR count). The van der Waals surface area contributed by atoms with Crippen LogP contribution in [0.15, 0.2) is 60.8 Å². The lowest BCUT2D eigenvalue weighted by atomic mass is 9.99. The molecule has 3 nitrogen and oxygen atoms in total. The van der Waals surface area contributed by atoms with Gasteiger partial charge in [-0.05, 0) is 54.3 Å². The molecular weight excluding hydrogens is 308 g/mol. The molecule has 0 saturated carbocycles. The zero-order chi connectivity index (χ0) is 17.1. The van der Waals surface area contributed by atoms with Gasteiger partial charge >= 0.3 is 0 Å². The van der Waals surface area contributed by atoms with Crippen molar-refractivity contribution in [3.63, 3.8) is 0 Å². The number of aromatic hydroxyl groups is 1. The van der Waals surface area contributed by atoms with Gasteiger partial charge in [0, 0.05) is 25.3 Å². The van der Waals surface area contributed by atoms with Crippen LogP contribution in [-0.2, 0) is 13.0 Å². The van der Waals surface area contributed by atoms with Crippen molar-refractivity contribution in [1.82, 2.24) is 9.47 Å². The number of likely N-dealkylation sites (tertiary alicyclic amines) is 1. The highest BCUT2D eigenvalue weighted by Gasteiger charge is 2.23. The number of piperidine rings is 1. The highest BCUT2D eigenvalue weighted by molar-refractivity contribution is 5.85. The summed E-state index contributed by atoms with van der Waals surface area (Å²) >= 11 is 0. The first-order valence-corrected chi connectivity index (χ1v) is 9.36. The molecule has 1 saturated heterocycles. The van der Waals surface area contributed by atoms with Crippen LogP contribution in [0.3, 0.4) is 0 Å². The van der Waals surface area contributed by atoms with Crippen LogP contribution >= 0.6 is 0 Å². The highest BCUT2D eigenvalue weighted by atomic mass is 16.3. The Morgan fingerprint density at radius 3 is 2.72 bits per heavy atom. The van der Waals surface area contributed by atoms with Gasteiger partial charge in [-0.3, -0.25) is 4.90 Å². The molecule has 0 radical (unpaired) electrons. The van der Waals surface area contributed by atoms with E-state index in [0.29, 0.717) is 11.9 Å². The van der Waals surface area contributed by atoms with Crippen molar-refractivity contribution in [3.05, 3.63) is 66.4 Å². The molecule has 2 aromatic carbocycles. The van der Waals surface area contributed by atoms with Gasteiger partial charge in [-0.15, -0.1) is 0 Å². The summed E-state index contributed by atoms with van der Waals surface area (Å²) in [6, 6.07) is 19.5. The SMILES string of the molecule is Oc1cccn1CC1CCCCN1CCc1cccc2ccccc12. The van der Waals surface area contributed by atoms with E-state index < -0.39 is 0 Å². The summed E-state index contributed by atoms with van der Waals surface area (Å²) in [5.74, 6) is 0.375. The Morgan fingerprint density at radius 2 is 1.84 bits per heavy atom. The van der Waals surface area contributed by atoms with Crippen LogP contribution < -0.4 is 0 Å². The van der Waals surface area contributed by atoms with E-state index in [2.05, 4.69) is 47.4 Å². The van der Waals surface area contributed by atoms with E-state index in [9.17, 15) is 5.11 Å². The van der Waals surface area contributed by atoms with E-state index in [1.165, 1.54) is 35.6 Å². The minimum Gasteiger partial charge on any atom is -0.494 e. The van der Waals surface area contributed by atoms with E-state index in [-0.39, 0.29) is 0 Å². The summed E-state index contributed by atoms with van der Waals surface area (Å²) in [6.07, 6.45) is 6.84. The number of nitrogens with zero attached hydrogens (tertiary/aromatic N) is 2. The molecule has 1 aromatic heterocycles. The predicted octanol–water partition coefficient (Wildman–Crippen LogP) is 4.44. The topological polar surface area (TPSA) is 28.4 Å². The minimum absolute atomic E-state index is 0.375. The van der Waals surface area contributed by atoms with E-state index >= 15 is 0 Å². The second kappa shape index (κ2) is 7.32. The van der Waals surface area contributed by atoms with Crippen LogP contribution in [-0.4, -0.2) is 33.7 Å². The average molecular weight is 334 g/mol. The molecule has 0 amide bonds. The van der Waals surface area contributed by atoms with Gasteiger partial charge in [-0.1, -0.05) is 48.9 Å². The third-order valence-electron chi connectivity index (χ3n) is 5.51. The Bertz CT molecular complexity index is 833. The van der Waals surface area contributed by atoms with Gasteiger partial charge < -0.3 is 9.67 Å². The van der Waals surface area contributed by atoms with Crippen LogP contribution in [0.5, 0.6) is 5.88 Å². The van der Waals surface area contributed by atoms with Crippen molar-refractivity contribution in [2.45, 2.75) is 38.3 Å². The zero-order valence-corrected chi connectivity index (χ0v) is 14.6. The third kappa shape index (κ3) is 3.57. The van der Waals surface area contributed by atoms with E-state index in [0.717, 1.165) is 26.1 Å². The van der Waals surface area contributed by atoms with Crippen LogP contribution in [0.1, 0.15) is 24.8 Å². The molecule has 1 aliphatic rings. The van der Waals surface area contributed by atoms with Gasteiger partial charge in [0.1, 0.15) is 0 Å². The minimum atomic E-state index is 0.375. The first-order valence-electron chi connectivity index (χ1n) is 9.36. The van der Waals surface area contributed by atoms with Gasteiger partial charge in [0.05, 0.1) is 0 Å². The molecule has 3 heteroatoms. The van der Waals surface area contributed by atoms with Gasteiger partial charge in [0.2, 0.25) is 0 Å². The standard InChI is InChI=1S/C22H26N2O/c25-22-12-6-15-24(22)17-20-10-3-4-14-23(20)16-13-19-9-5-8-18-7-1-2-11-21(18)19/h1-2,5-9,11-12,15,20,25H,3-4,10,13-14,16-17H2. The van der Waals surface area contributed by atoms with Gasteiger partial charge in [0.15, 0.2) is 5.88 Å². The maximum Gasteiger partial charge on any atom is 0.190 e. The number of rotatable bonds is 5. The third-order valence-corrected chi connectivity index (χ3v) is 5.51. The van der Waals surface area contributed by atoms with Crippen LogP contribution in [0.4, 0.5) is 0 Å². The van der Waals surface area contributed by atoms with E-state index in [1.54, 1.807) is 6.07 Å². The van der Waals surface area contributed by atoms with Crippen molar-refractivity contribution >= 4 is 10.8 Å². The Balaban J connectivity index is 1.47. The fourth-order valence-corrected chi connectivity index (χ4v) is 4.12. The fraction of sp³-hybridized carbons (Fsp3) is 0.364. The molecule has 0 aliphatic carbocycles. The lowest BCUT2D eigenvalue weighted by Crippen LogP contribution is -2.43. The number of hydrogen-bond donors (Lipinski definition) is 1. The molecule has 0 spiro atoms. The molecule has 1 atom stereocenters. The summed E-state index contributed by atoms with van der Waals surface area (Å²) in [5, 5.41) is 12.6. The molecule has 130 valence electrons. The first-order chi connectivity index (χ1) is 12.3. The highest BCUT2D eigenvalue weighted by Crippen LogP contribution is 2.23. The average Bonchev–Trinajstić information content (AvgIpc) is 3.06. The quantitative estimate of drug-likeness (QED) is 0.747. The molecule has 1 fully saturated rings. The van der Waals surface area contributed by atoms with Crippen molar-refractivity contribution in [3.8, 4) is 5.88 Å². The summed E-state index contributed by atoms with van der Waals surface area (Å²) in [5.41, 5.74) is 1.44. The summed E-state index contributed by atoms with van der Waals surface area (Å²) in [4.78, 5) is 2.62. The molecular formula is C22H26N2O. The van der Waals surface area contributed by atoms with Crippen LogP contribution in [0.2, 0.25) is 0 Å². The predicted molar refractivity (Wildman–Crippen MR) is 103 cm³/mol. The second-order valence-corrected chi connectivity index (χ2v) is 7.09. The molecule has 1 unspecified atom stereocenters. The zero-order valence-electron chi connectivity index (χ0n) is 14.6. The van der Waals surface area contributed by atoms with E-state index in [4.69, 9.17) is 0 Å². The summed E-state index contributed by atoms with van der Waals surface area (Å²) in [7, 11) is 0. The first kappa shape index (κ1) is 16.2. The van der Waals surface area contributed by atoms with Crippen LogP contribution in [0, 0.1) is 0 Å². The Morgan fingerprint density at radius 1 is 0.960 bits per heavy atom. The normalized spacial score (nSPS) is 18.6. The molecule has 0 bridgehead atoms. The van der Waals surface area contributed by atoms with Crippen molar-refractivity contribution < 1.29 is 5.11 Å². The maximum atomic E-state index is 9.94. The summed E-state index contributed by atoms with van der Waals surface area (Å²) < 4.78 is 1.97. The van der Waals surface area contributed by atoms with Crippen molar-refractivity contribution in [2.75, 3.05) is 13.1 Å². The molecule has 3 aromatic rings. The van der Waals surface area contributed by atoms with E-state index in [1.807, 2.05) is 16.8 Å². The van der Waals surface area contributed by atoms with Gasteiger partial charge in [-0.25, -0.2) is 0 Å². The molecule has 2 heterocycles.